The smallest absolute Gasteiger partial charge is 0.306 e. The van der Waals surface area contributed by atoms with Gasteiger partial charge in [-0.15, -0.1) is 0 Å². The Morgan fingerprint density at radius 3 is 2.41 bits per heavy atom. The minimum atomic E-state index is -0.694. The fourth-order valence-corrected chi connectivity index (χ4v) is 2.17. The van der Waals surface area contributed by atoms with Gasteiger partial charge in [0.25, 0.3) is 0 Å². The molecule has 5 nitrogen and oxygen atoms in total. The van der Waals surface area contributed by atoms with Crippen molar-refractivity contribution in [1.82, 2.24) is 5.32 Å². The van der Waals surface area contributed by atoms with Crippen molar-refractivity contribution < 1.29 is 14.7 Å². The number of nitrogens with one attached hydrogen (secondary N) is 1. The number of carbonyl (C=O) groups is 2. The first-order chi connectivity index (χ1) is 8.04. The van der Waals surface area contributed by atoms with Crippen LogP contribution in [0.2, 0.25) is 0 Å². The molecule has 0 spiro atoms. The van der Waals surface area contributed by atoms with Gasteiger partial charge in [0.15, 0.2) is 0 Å². The molecule has 1 fully saturated rings. The number of rotatable bonds is 5. The minimum Gasteiger partial charge on any atom is -0.481 e. The van der Waals surface area contributed by atoms with Crippen LogP contribution in [-0.2, 0) is 9.59 Å². The van der Waals surface area contributed by atoms with Crippen molar-refractivity contribution in [2.45, 2.75) is 45.1 Å². The Kier molecular flexibility index (Phi) is 5.41. The highest BCUT2D eigenvalue weighted by atomic mass is 16.4. The van der Waals surface area contributed by atoms with E-state index in [0.29, 0.717) is 18.9 Å². The van der Waals surface area contributed by atoms with Crippen LogP contribution < -0.4 is 11.1 Å². The molecule has 1 saturated carbocycles. The predicted molar refractivity (Wildman–Crippen MR) is 64.4 cm³/mol. The molecule has 1 rings (SSSR count). The second-order valence-corrected chi connectivity index (χ2v) is 4.82. The zero-order valence-electron chi connectivity index (χ0n) is 10.3. The van der Waals surface area contributed by atoms with Crippen LogP contribution in [0.5, 0.6) is 0 Å². The summed E-state index contributed by atoms with van der Waals surface area (Å²) in [6, 6.07) is -0.426. The molecular formula is C12H22N2O3. The first-order valence-electron chi connectivity index (χ1n) is 6.30. The van der Waals surface area contributed by atoms with Crippen LogP contribution in [0.15, 0.2) is 0 Å². The fraction of sp³-hybridized carbons (Fsp3) is 0.833. The lowest BCUT2D eigenvalue weighted by Gasteiger charge is -2.26. The van der Waals surface area contributed by atoms with E-state index in [-0.39, 0.29) is 11.8 Å². The van der Waals surface area contributed by atoms with Gasteiger partial charge in [0.1, 0.15) is 0 Å². The van der Waals surface area contributed by atoms with Gasteiger partial charge in [-0.1, -0.05) is 6.92 Å². The average molecular weight is 242 g/mol. The normalized spacial score (nSPS) is 26.2. The van der Waals surface area contributed by atoms with Crippen LogP contribution in [-0.4, -0.2) is 29.6 Å². The third-order valence-electron chi connectivity index (χ3n) is 3.54. The van der Waals surface area contributed by atoms with Crippen molar-refractivity contribution in [2.75, 3.05) is 6.54 Å². The summed E-state index contributed by atoms with van der Waals surface area (Å²) in [5.41, 5.74) is 5.60. The highest BCUT2D eigenvalue weighted by molar-refractivity contribution is 5.81. The van der Waals surface area contributed by atoms with Crippen molar-refractivity contribution in [3.05, 3.63) is 0 Å². The molecule has 1 amide bonds. The van der Waals surface area contributed by atoms with Gasteiger partial charge in [-0.05, 0) is 38.0 Å². The van der Waals surface area contributed by atoms with Gasteiger partial charge in [-0.3, -0.25) is 9.59 Å². The molecule has 98 valence electrons. The summed E-state index contributed by atoms with van der Waals surface area (Å²) in [4.78, 5) is 22.2. The van der Waals surface area contributed by atoms with E-state index in [0.717, 1.165) is 25.7 Å². The third-order valence-corrected chi connectivity index (χ3v) is 3.54. The van der Waals surface area contributed by atoms with Crippen molar-refractivity contribution in [1.29, 1.82) is 0 Å². The molecule has 1 atom stereocenters. The lowest BCUT2D eigenvalue weighted by atomic mass is 9.82. The first-order valence-corrected chi connectivity index (χ1v) is 6.30. The first kappa shape index (κ1) is 14.0. The topological polar surface area (TPSA) is 92.4 Å². The predicted octanol–water partition coefficient (Wildman–Crippen LogP) is 0.731. The summed E-state index contributed by atoms with van der Waals surface area (Å²) in [7, 11) is 0. The molecule has 0 aromatic rings. The quantitative estimate of drug-likeness (QED) is 0.662. The van der Waals surface area contributed by atoms with E-state index in [1.54, 1.807) is 0 Å². The van der Waals surface area contributed by atoms with E-state index in [2.05, 4.69) is 5.32 Å². The van der Waals surface area contributed by atoms with Crippen molar-refractivity contribution in [3.63, 3.8) is 0 Å². The number of carbonyl (C=O) groups excluding carboxylic acids is 1. The third kappa shape index (κ3) is 4.34. The van der Waals surface area contributed by atoms with Crippen LogP contribution in [0.3, 0.4) is 0 Å². The molecule has 1 aliphatic rings. The molecule has 0 radical (unpaired) electrons. The number of nitrogens with two attached hydrogens (primary N) is 1. The average Bonchev–Trinajstić information content (AvgIpc) is 2.35. The summed E-state index contributed by atoms with van der Waals surface area (Å²) in [5, 5.41) is 11.7. The molecule has 17 heavy (non-hydrogen) atoms. The highest BCUT2D eigenvalue weighted by Crippen LogP contribution is 2.28. The molecule has 0 aromatic carbocycles. The molecule has 0 aliphatic heterocycles. The largest absolute Gasteiger partial charge is 0.481 e. The van der Waals surface area contributed by atoms with Crippen molar-refractivity contribution in [2.24, 2.45) is 17.6 Å². The lowest BCUT2D eigenvalue weighted by Crippen LogP contribution is -2.42. The zero-order chi connectivity index (χ0) is 12.8. The Morgan fingerprint density at radius 1 is 1.35 bits per heavy atom. The molecule has 1 aliphatic carbocycles. The lowest BCUT2D eigenvalue weighted by molar-refractivity contribution is -0.143. The maximum Gasteiger partial charge on any atom is 0.306 e. The minimum absolute atomic E-state index is 0.104. The fourth-order valence-electron chi connectivity index (χ4n) is 2.17. The summed E-state index contributed by atoms with van der Waals surface area (Å²) in [5.74, 6) is -0.591. The van der Waals surface area contributed by atoms with Crippen molar-refractivity contribution in [3.8, 4) is 0 Å². The Bertz CT molecular complexity index is 273. The monoisotopic (exact) mass is 242 g/mol. The van der Waals surface area contributed by atoms with E-state index in [9.17, 15) is 9.59 Å². The van der Waals surface area contributed by atoms with Gasteiger partial charge in [0.2, 0.25) is 5.91 Å². The van der Waals surface area contributed by atoms with Gasteiger partial charge in [-0.2, -0.15) is 0 Å². The summed E-state index contributed by atoms with van der Waals surface area (Å²) in [6.07, 6.45) is 3.82. The summed E-state index contributed by atoms with van der Waals surface area (Å²) in [6.45, 7) is 2.50. The van der Waals surface area contributed by atoms with Crippen LogP contribution in [0.1, 0.15) is 39.0 Å². The summed E-state index contributed by atoms with van der Waals surface area (Å²) >= 11 is 0. The number of aliphatic carboxylic acids is 1. The molecule has 0 aromatic heterocycles. The van der Waals surface area contributed by atoms with E-state index in [1.807, 2.05) is 6.92 Å². The van der Waals surface area contributed by atoms with E-state index in [1.165, 1.54) is 0 Å². The molecule has 4 N–H and O–H groups in total. The van der Waals surface area contributed by atoms with Gasteiger partial charge < -0.3 is 16.2 Å². The van der Waals surface area contributed by atoms with Gasteiger partial charge in [-0.25, -0.2) is 0 Å². The Balaban J connectivity index is 2.22. The highest BCUT2D eigenvalue weighted by Gasteiger charge is 2.26. The van der Waals surface area contributed by atoms with Crippen LogP contribution in [0, 0.1) is 11.8 Å². The maximum atomic E-state index is 11.5. The van der Waals surface area contributed by atoms with Gasteiger partial charge in [0, 0.05) is 6.54 Å². The second-order valence-electron chi connectivity index (χ2n) is 4.82. The van der Waals surface area contributed by atoms with Crippen LogP contribution in [0.25, 0.3) is 0 Å². The molecule has 0 bridgehead atoms. The second kappa shape index (κ2) is 6.59. The number of carboxylic acids is 1. The molecule has 0 heterocycles. The standard InChI is InChI=1S/C12H22N2O3/c1-2-10(13)11(15)14-7-8-3-5-9(6-4-8)12(16)17/h8-10H,2-7,13H2,1H3,(H,14,15)(H,16,17). The van der Waals surface area contributed by atoms with Crippen LogP contribution >= 0.6 is 0 Å². The van der Waals surface area contributed by atoms with E-state index in [4.69, 9.17) is 10.8 Å². The maximum absolute atomic E-state index is 11.5. The molecule has 5 heteroatoms. The van der Waals surface area contributed by atoms with Gasteiger partial charge in [0.05, 0.1) is 12.0 Å². The Labute approximate surface area is 102 Å². The zero-order valence-corrected chi connectivity index (χ0v) is 10.3. The number of carboxylic acid groups (broad SMARTS) is 1. The van der Waals surface area contributed by atoms with Crippen molar-refractivity contribution >= 4 is 11.9 Å². The number of amides is 1. The molecule has 1 unspecified atom stereocenters. The Morgan fingerprint density at radius 2 is 1.94 bits per heavy atom. The molecular weight excluding hydrogens is 220 g/mol. The SMILES string of the molecule is CCC(N)C(=O)NCC1CCC(C(=O)O)CC1. The van der Waals surface area contributed by atoms with Crippen LogP contribution in [0.4, 0.5) is 0 Å². The number of hydrogen-bond donors (Lipinski definition) is 3. The van der Waals surface area contributed by atoms with E-state index < -0.39 is 12.0 Å². The van der Waals surface area contributed by atoms with Gasteiger partial charge >= 0.3 is 5.97 Å². The number of hydrogen-bond acceptors (Lipinski definition) is 3. The Hall–Kier alpha value is -1.10. The van der Waals surface area contributed by atoms with E-state index >= 15 is 0 Å². The summed E-state index contributed by atoms with van der Waals surface area (Å²) < 4.78 is 0. The molecule has 0 saturated heterocycles.